The van der Waals surface area contributed by atoms with Gasteiger partial charge in [-0.1, -0.05) is 68.4 Å². The summed E-state index contributed by atoms with van der Waals surface area (Å²) in [6.45, 7) is 4.38. The summed E-state index contributed by atoms with van der Waals surface area (Å²) in [5, 5.41) is 0. The molecule has 0 saturated heterocycles. The topological polar surface area (TPSA) is 17.1 Å². The zero-order valence-electron chi connectivity index (χ0n) is 10.9. The Morgan fingerprint density at radius 3 is 2.06 bits per heavy atom. The lowest BCUT2D eigenvalue weighted by atomic mass is 9.95. The SMILES string of the molecule is CCC(C)c1ccc(C(=O)c2ccccc2)cc1. The van der Waals surface area contributed by atoms with Gasteiger partial charge in [-0.2, -0.15) is 0 Å². The third kappa shape index (κ3) is 2.67. The fraction of sp³-hybridized carbons (Fsp3) is 0.235. The molecule has 0 saturated carbocycles. The highest BCUT2D eigenvalue weighted by Gasteiger charge is 2.09. The number of carbonyl (C=O) groups is 1. The van der Waals surface area contributed by atoms with E-state index in [9.17, 15) is 4.79 Å². The van der Waals surface area contributed by atoms with Crippen molar-refractivity contribution in [1.29, 1.82) is 0 Å². The minimum absolute atomic E-state index is 0.0892. The van der Waals surface area contributed by atoms with Gasteiger partial charge in [-0.25, -0.2) is 0 Å². The van der Waals surface area contributed by atoms with Crippen molar-refractivity contribution >= 4 is 5.78 Å². The number of hydrogen-bond acceptors (Lipinski definition) is 1. The molecule has 0 aliphatic carbocycles. The molecule has 92 valence electrons. The third-order valence-electron chi connectivity index (χ3n) is 3.39. The van der Waals surface area contributed by atoms with E-state index in [0.29, 0.717) is 5.92 Å². The van der Waals surface area contributed by atoms with Crippen molar-refractivity contribution in [2.45, 2.75) is 26.2 Å². The molecule has 0 N–H and O–H groups in total. The summed E-state index contributed by atoms with van der Waals surface area (Å²) in [6.07, 6.45) is 1.12. The van der Waals surface area contributed by atoms with Crippen LogP contribution in [0.1, 0.15) is 47.7 Å². The van der Waals surface area contributed by atoms with E-state index in [1.165, 1.54) is 5.56 Å². The van der Waals surface area contributed by atoms with Crippen LogP contribution in [0, 0.1) is 0 Å². The minimum Gasteiger partial charge on any atom is -0.289 e. The van der Waals surface area contributed by atoms with Gasteiger partial charge < -0.3 is 0 Å². The summed E-state index contributed by atoms with van der Waals surface area (Å²) in [7, 11) is 0. The van der Waals surface area contributed by atoms with Gasteiger partial charge in [0.25, 0.3) is 0 Å². The molecule has 18 heavy (non-hydrogen) atoms. The van der Waals surface area contributed by atoms with Gasteiger partial charge in [0.1, 0.15) is 0 Å². The lowest BCUT2D eigenvalue weighted by molar-refractivity contribution is 0.103. The van der Waals surface area contributed by atoms with Gasteiger partial charge >= 0.3 is 0 Å². The smallest absolute Gasteiger partial charge is 0.193 e. The Morgan fingerprint density at radius 1 is 0.944 bits per heavy atom. The van der Waals surface area contributed by atoms with Crippen LogP contribution in [0.5, 0.6) is 0 Å². The molecule has 0 radical (unpaired) electrons. The standard InChI is InChI=1S/C17H18O/c1-3-13(2)14-9-11-16(12-10-14)17(18)15-7-5-4-6-8-15/h4-13H,3H2,1-2H3. The molecule has 0 spiro atoms. The maximum atomic E-state index is 12.2. The third-order valence-corrected chi connectivity index (χ3v) is 3.39. The van der Waals surface area contributed by atoms with Crippen LogP contribution < -0.4 is 0 Å². The molecule has 0 aromatic heterocycles. The minimum atomic E-state index is 0.0892. The van der Waals surface area contributed by atoms with Crippen molar-refractivity contribution in [2.75, 3.05) is 0 Å². The number of hydrogen-bond donors (Lipinski definition) is 0. The van der Waals surface area contributed by atoms with Crippen LogP contribution in [0.4, 0.5) is 0 Å². The highest BCUT2D eigenvalue weighted by Crippen LogP contribution is 2.19. The molecular formula is C17H18O. The van der Waals surface area contributed by atoms with E-state index in [2.05, 4.69) is 26.0 Å². The Morgan fingerprint density at radius 2 is 1.50 bits per heavy atom. The molecule has 2 aromatic rings. The average Bonchev–Trinajstić information content (AvgIpc) is 2.47. The van der Waals surface area contributed by atoms with Gasteiger partial charge in [0, 0.05) is 11.1 Å². The quantitative estimate of drug-likeness (QED) is 0.720. The van der Waals surface area contributed by atoms with Gasteiger partial charge in [0.15, 0.2) is 5.78 Å². The van der Waals surface area contributed by atoms with Gasteiger partial charge in [-0.15, -0.1) is 0 Å². The first-order valence-electron chi connectivity index (χ1n) is 6.42. The summed E-state index contributed by atoms with van der Waals surface area (Å²) in [6, 6.07) is 17.4. The van der Waals surface area contributed by atoms with Crippen molar-refractivity contribution in [1.82, 2.24) is 0 Å². The van der Waals surface area contributed by atoms with Crippen LogP contribution >= 0.6 is 0 Å². The molecule has 1 atom stereocenters. The van der Waals surface area contributed by atoms with E-state index in [-0.39, 0.29) is 5.78 Å². The maximum Gasteiger partial charge on any atom is 0.193 e. The second-order valence-electron chi connectivity index (χ2n) is 4.63. The van der Waals surface area contributed by atoms with Crippen LogP contribution in [0.15, 0.2) is 54.6 Å². The fourth-order valence-electron chi connectivity index (χ4n) is 1.95. The molecule has 1 unspecified atom stereocenters. The van der Waals surface area contributed by atoms with E-state index in [1.54, 1.807) is 0 Å². The molecular weight excluding hydrogens is 220 g/mol. The Bertz CT molecular complexity index is 511. The number of carbonyl (C=O) groups excluding carboxylic acids is 1. The largest absolute Gasteiger partial charge is 0.289 e. The summed E-state index contributed by atoms with van der Waals surface area (Å²) in [5.41, 5.74) is 2.80. The zero-order chi connectivity index (χ0) is 13.0. The van der Waals surface area contributed by atoms with E-state index >= 15 is 0 Å². The first kappa shape index (κ1) is 12.6. The molecule has 0 amide bonds. The van der Waals surface area contributed by atoms with Gasteiger partial charge in [-0.3, -0.25) is 4.79 Å². The van der Waals surface area contributed by atoms with Gasteiger partial charge in [0.05, 0.1) is 0 Å². The van der Waals surface area contributed by atoms with E-state index in [4.69, 9.17) is 0 Å². The lowest BCUT2D eigenvalue weighted by Gasteiger charge is -2.09. The van der Waals surface area contributed by atoms with Crippen LogP contribution in [0.2, 0.25) is 0 Å². The Hall–Kier alpha value is -1.89. The summed E-state index contributed by atoms with van der Waals surface area (Å²) < 4.78 is 0. The fourth-order valence-corrected chi connectivity index (χ4v) is 1.95. The monoisotopic (exact) mass is 238 g/mol. The van der Waals surface area contributed by atoms with Crippen molar-refractivity contribution in [3.05, 3.63) is 71.3 Å². The van der Waals surface area contributed by atoms with Crippen molar-refractivity contribution in [3.8, 4) is 0 Å². The molecule has 0 aliphatic rings. The first-order chi connectivity index (χ1) is 8.72. The van der Waals surface area contributed by atoms with Crippen LogP contribution in [-0.4, -0.2) is 5.78 Å². The molecule has 0 bridgehead atoms. The summed E-state index contributed by atoms with van der Waals surface area (Å²) >= 11 is 0. The van der Waals surface area contributed by atoms with E-state index in [1.807, 2.05) is 42.5 Å². The second-order valence-corrected chi connectivity index (χ2v) is 4.63. The highest BCUT2D eigenvalue weighted by atomic mass is 16.1. The summed E-state index contributed by atoms with van der Waals surface area (Å²) in [5.74, 6) is 0.636. The van der Waals surface area contributed by atoms with E-state index < -0.39 is 0 Å². The number of rotatable bonds is 4. The molecule has 1 nitrogen and oxygen atoms in total. The predicted octanol–water partition coefficient (Wildman–Crippen LogP) is 4.43. The number of benzene rings is 2. The van der Waals surface area contributed by atoms with Crippen LogP contribution in [0.3, 0.4) is 0 Å². The molecule has 2 rings (SSSR count). The van der Waals surface area contributed by atoms with Crippen molar-refractivity contribution in [2.24, 2.45) is 0 Å². The highest BCUT2D eigenvalue weighted by molar-refractivity contribution is 6.08. The number of ketones is 1. The molecule has 0 aliphatic heterocycles. The zero-order valence-corrected chi connectivity index (χ0v) is 10.9. The van der Waals surface area contributed by atoms with Crippen molar-refractivity contribution < 1.29 is 4.79 Å². The molecule has 0 heterocycles. The van der Waals surface area contributed by atoms with E-state index in [0.717, 1.165) is 17.5 Å². The normalized spacial score (nSPS) is 12.1. The second kappa shape index (κ2) is 5.63. The van der Waals surface area contributed by atoms with Crippen molar-refractivity contribution in [3.63, 3.8) is 0 Å². The molecule has 2 aromatic carbocycles. The average molecular weight is 238 g/mol. The van der Waals surface area contributed by atoms with Gasteiger partial charge in [-0.05, 0) is 17.9 Å². The lowest BCUT2D eigenvalue weighted by Crippen LogP contribution is -2.01. The van der Waals surface area contributed by atoms with Gasteiger partial charge in [0.2, 0.25) is 0 Å². The predicted molar refractivity (Wildman–Crippen MR) is 75.0 cm³/mol. The Labute approximate surface area is 108 Å². The van der Waals surface area contributed by atoms with Crippen LogP contribution in [0.25, 0.3) is 0 Å². The Balaban J connectivity index is 2.22. The molecule has 1 heteroatoms. The van der Waals surface area contributed by atoms with Crippen LogP contribution in [-0.2, 0) is 0 Å². The summed E-state index contributed by atoms with van der Waals surface area (Å²) in [4.78, 5) is 12.2. The Kier molecular flexibility index (Phi) is 3.93. The first-order valence-corrected chi connectivity index (χ1v) is 6.42. The molecule has 0 fully saturated rings. The maximum absolute atomic E-state index is 12.2.